The van der Waals surface area contributed by atoms with E-state index in [9.17, 15) is 0 Å². The van der Waals surface area contributed by atoms with Crippen molar-refractivity contribution >= 4 is 11.8 Å². The predicted molar refractivity (Wildman–Crippen MR) is 50.9 cm³/mol. The highest BCUT2D eigenvalue weighted by Crippen LogP contribution is 2.12. The third-order valence-electron chi connectivity index (χ3n) is 1.58. The Kier molecular flexibility index (Phi) is 2.27. The van der Waals surface area contributed by atoms with Crippen molar-refractivity contribution in [3.63, 3.8) is 0 Å². The van der Waals surface area contributed by atoms with E-state index < -0.39 is 0 Å². The maximum Gasteiger partial charge on any atom is 0.157 e. The van der Waals surface area contributed by atoms with Crippen LogP contribution in [0.15, 0.2) is 35.9 Å². The largest absolute Gasteiger partial charge is 0.230 e. The first-order valence-electron chi connectivity index (χ1n) is 3.76. The number of hydrogen-bond acceptors (Lipinski definition) is 4. The fourth-order valence-electron chi connectivity index (χ4n) is 0.971. The average Bonchev–Trinajstić information content (AvgIpc) is 2.71. The third-order valence-corrected chi connectivity index (χ3v) is 2.22. The van der Waals surface area contributed by atoms with E-state index in [0.717, 1.165) is 10.8 Å². The highest BCUT2D eigenvalue weighted by molar-refractivity contribution is 7.98. The Hall–Kier alpha value is -1.36. The van der Waals surface area contributed by atoms with Gasteiger partial charge < -0.3 is 0 Å². The van der Waals surface area contributed by atoms with Crippen LogP contribution in [0, 0.1) is 0 Å². The van der Waals surface area contributed by atoms with Crippen molar-refractivity contribution in [2.75, 3.05) is 6.26 Å². The van der Waals surface area contributed by atoms with Gasteiger partial charge in [0.25, 0.3) is 0 Å². The standard InChI is InChI=1S/C8H8N4S/c1-13-8-5-7(9-6-10-8)12-4-2-3-11-12/h2-6H,1H3. The fourth-order valence-corrected chi connectivity index (χ4v) is 1.35. The molecule has 2 rings (SSSR count). The SMILES string of the molecule is CSc1cc(-n2cccn2)ncn1. The molecule has 5 heteroatoms. The summed E-state index contributed by atoms with van der Waals surface area (Å²) < 4.78 is 1.71. The zero-order valence-corrected chi connectivity index (χ0v) is 7.90. The van der Waals surface area contributed by atoms with Crippen LogP contribution in [0.25, 0.3) is 5.82 Å². The summed E-state index contributed by atoms with van der Waals surface area (Å²) >= 11 is 1.59. The summed E-state index contributed by atoms with van der Waals surface area (Å²) in [6.07, 6.45) is 7.10. The topological polar surface area (TPSA) is 43.6 Å². The fraction of sp³-hybridized carbons (Fsp3) is 0.125. The number of hydrogen-bond donors (Lipinski definition) is 0. The van der Waals surface area contributed by atoms with Crippen molar-refractivity contribution in [3.05, 3.63) is 30.9 Å². The highest BCUT2D eigenvalue weighted by atomic mass is 32.2. The monoisotopic (exact) mass is 192 g/mol. The molecule has 0 aliphatic carbocycles. The van der Waals surface area contributed by atoms with Gasteiger partial charge in [-0.1, -0.05) is 0 Å². The molecule has 2 aromatic rings. The van der Waals surface area contributed by atoms with E-state index in [1.165, 1.54) is 0 Å². The van der Waals surface area contributed by atoms with E-state index in [2.05, 4.69) is 15.1 Å². The Morgan fingerprint density at radius 3 is 3.00 bits per heavy atom. The summed E-state index contributed by atoms with van der Waals surface area (Å²) in [7, 11) is 0. The smallest absolute Gasteiger partial charge is 0.157 e. The first-order valence-corrected chi connectivity index (χ1v) is 4.98. The summed E-state index contributed by atoms with van der Waals surface area (Å²) in [5.74, 6) is 0.796. The Morgan fingerprint density at radius 2 is 2.31 bits per heavy atom. The van der Waals surface area contributed by atoms with Gasteiger partial charge in [0.2, 0.25) is 0 Å². The van der Waals surface area contributed by atoms with Crippen LogP contribution in [-0.4, -0.2) is 26.0 Å². The lowest BCUT2D eigenvalue weighted by Gasteiger charge is -2.00. The predicted octanol–water partition coefficient (Wildman–Crippen LogP) is 1.38. The minimum Gasteiger partial charge on any atom is -0.230 e. The van der Waals surface area contributed by atoms with Crippen LogP contribution >= 0.6 is 11.8 Å². The lowest BCUT2D eigenvalue weighted by molar-refractivity contribution is 0.827. The molecule has 0 saturated heterocycles. The Morgan fingerprint density at radius 1 is 1.38 bits per heavy atom. The molecular weight excluding hydrogens is 184 g/mol. The normalized spacial score (nSPS) is 10.2. The molecule has 0 bridgehead atoms. The van der Waals surface area contributed by atoms with Crippen molar-refractivity contribution in [1.82, 2.24) is 19.7 Å². The molecule has 66 valence electrons. The van der Waals surface area contributed by atoms with Gasteiger partial charge in [0.15, 0.2) is 5.82 Å². The summed E-state index contributed by atoms with van der Waals surface area (Å²) in [5.41, 5.74) is 0. The van der Waals surface area contributed by atoms with E-state index in [1.54, 1.807) is 29.0 Å². The lowest BCUT2D eigenvalue weighted by Crippen LogP contribution is -1.98. The van der Waals surface area contributed by atoms with Crippen molar-refractivity contribution in [2.24, 2.45) is 0 Å². The van der Waals surface area contributed by atoms with Crippen LogP contribution in [0.5, 0.6) is 0 Å². The molecule has 0 aliphatic rings. The van der Waals surface area contributed by atoms with Crippen LogP contribution in [-0.2, 0) is 0 Å². The maximum absolute atomic E-state index is 4.11. The first-order chi connectivity index (χ1) is 6.40. The van der Waals surface area contributed by atoms with E-state index in [1.807, 2.05) is 24.6 Å². The number of aromatic nitrogens is 4. The van der Waals surface area contributed by atoms with Gasteiger partial charge in [-0.3, -0.25) is 0 Å². The van der Waals surface area contributed by atoms with Gasteiger partial charge in [-0.2, -0.15) is 5.10 Å². The van der Waals surface area contributed by atoms with Crippen LogP contribution in [0.3, 0.4) is 0 Å². The minimum absolute atomic E-state index is 0.796. The van der Waals surface area contributed by atoms with Crippen LogP contribution in [0.4, 0.5) is 0 Å². The third kappa shape index (κ3) is 1.70. The molecule has 0 aromatic carbocycles. The summed E-state index contributed by atoms with van der Waals surface area (Å²) in [6, 6.07) is 3.76. The van der Waals surface area contributed by atoms with Gasteiger partial charge in [0.05, 0.1) is 0 Å². The average molecular weight is 192 g/mol. The summed E-state index contributed by atoms with van der Waals surface area (Å²) in [4.78, 5) is 8.18. The Labute approximate surface area is 80.0 Å². The number of nitrogens with zero attached hydrogens (tertiary/aromatic N) is 4. The molecule has 0 fully saturated rings. The molecule has 0 N–H and O–H groups in total. The number of rotatable bonds is 2. The van der Waals surface area contributed by atoms with Gasteiger partial charge in [0, 0.05) is 18.5 Å². The van der Waals surface area contributed by atoms with Gasteiger partial charge in [-0.25, -0.2) is 14.6 Å². The van der Waals surface area contributed by atoms with Gasteiger partial charge in [-0.15, -0.1) is 11.8 Å². The van der Waals surface area contributed by atoms with Crippen molar-refractivity contribution in [1.29, 1.82) is 0 Å². The molecule has 4 nitrogen and oxygen atoms in total. The molecule has 0 amide bonds. The molecule has 0 aliphatic heterocycles. The van der Waals surface area contributed by atoms with Crippen molar-refractivity contribution in [2.45, 2.75) is 5.03 Å². The summed E-state index contributed by atoms with van der Waals surface area (Å²) in [6.45, 7) is 0. The maximum atomic E-state index is 4.11. The zero-order chi connectivity index (χ0) is 9.10. The molecular formula is C8H8N4S. The van der Waals surface area contributed by atoms with Gasteiger partial charge >= 0.3 is 0 Å². The van der Waals surface area contributed by atoms with Gasteiger partial charge in [-0.05, 0) is 12.3 Å². The minimum atomic E-state index is 0.796. The molecule has 13 heavy (non-hydrogen) atoms. The van der Waals surface area contributed by atoms with Crippen LogP contribution in [0.1, 0.15) is 0 Å². The second-order valence-electron chi connectivity index (χ2n) is 2.37. The van der Waals surface area contributed by atoms with Crippen LogP contribution in [0.2, 0.25) is 0 Å². The quantitative estimate of drug-likeness (QED) is 0.532. The second kappa shape index (κ2) is 3.57. The molecule has 2 heterocycles. The number of thioether (sulfide) groups is 1. The van der Waals surface area contributed by atoms with Crippen LogP contribution < -0.4 is 0 Å². The molecule has 0 saturated carbocycles. The lowest BCUT2D eigenvalue weighted by atomic mass is 10.6. The zero-order valence-electron chi connectivity index (χ0n) is 7.08. The molecule has 0 atom stereocenters. The first kappa shape index (κ1) is 8.25. The van der Waals surface area contributed by atoms with E-state index in [-0.39, 0.29) is 0 Å². The molecule has 0 unspecified atom stereocenters. The van der Waals surface area contributed by atoms with Gasteiger partial charge in [0.1, 0.15) is 11.4 Å². The Balaban J connectivity index is 2.41. The van der Waals surface area contributed by atoms with E-state index in [0.29, 0.717) is 0 Å². The van der Waals surface area contributed by atoms with Crippen molar-refractivity contribution < 1.29 is 0 Å². The molecule has 2 aromatic heterocycles. The van der Waals surface area contributed by atoms with E-state index >= 15 is 0 Å². The molecule has 0 radical (unpaired) electrons. The highest BCUT2D eigenvalue weighted by Gasteiger charge is 1.98. The van der Waals surface area contributed by atoms with Crippen molar-refractivity contribution in [3.8, 4) is 5.82 Å². The summed E-state index contributed by atoms with van der Waals surface area (Å²) in [5, 5.41) is 5.02. The second-order valence-corrected chi connectivity index (χ2v) is 3.20. The Bertz CT molecular complexity index is 385. The van der Waals surface area contributed by atoms with E-state index in [4.69, 9.17) is 0 Å². The molecule has 0 spiro atoms.